The summed E-state index contributed by atoms with van der Waals surface area (Å²) in [6.07, 6.45) is 5.99. The van der Waals surface area contributed by atoms with Gasteiger partial charge in [0.05, 0.1) is 30.2 Å². The standard InChI is InChI=1S/C26H28N4O3S/c1-17(18-8-11-21(32-2)12-9-18)29-30-23(16-34-26(30)27-20-6-4-3-5-7-20)19-10-13-24-22(14-19)28-25(31)15-33-24/h8-14,16,20H,3-7,15H2,1-2H3,(H,28,31). The molecule has 7 nitrogen and oxygen atoms in total. The van der Waals surface area contributed by atoms with Crippen LogP contribution in [0, 0.1) is 0 Å². The van der Waals surface area contributed by atoms with E-state index in [9.17, 15) is 4.79 Å². The second-order valence-electron chi connectivity index (χ2n) is 8.60. The number of carbonyl (C=O) groups excluding carboxylic acids is 1. The van der Waals surface area contributed by atoms with Crippen molar-refractivity contribution < 1.29 is 14.3 Å². The Bertz CT molecular complexity index is 1280. The number of aromatic nitrogens is 1. The second-order valence-corrected chi connectivity index (χ2v) is 9.43. The number of fused-ring (bicyclic) bond motifs is 1. The maximum Gasteiger partial charge on any atom is 0.262 e. The van der Waals surface area contributed by atoms with Gasteiger partial charge in [-0.05, 0) is 67.8 Å². The lowest BCUT2D eigenvalue weighted by atomic mass is 9.96. The quantitative estimate of drug-likeness (QED) is 0.523. The SMILES string of the molecule is COc1ccc(C(C)=Nn2c(-c3ccc4c(c3)NC(=O)CO4)csc2=NC2CCCCC2)cc1. The fourth-order valence-corrected chi connectivity index (χ4v) is 5.23. The number of nitrogens with zero attached hydrogens (tertiary/aromatic N) is 3. The van der Waals surface area contributed by atoms with Gasteiger partial charge in [-0.3, -0.25) is 9.79 Å². The first-order chi connectivity index (χ1) is 16.6. The lowest BCUT2D eigenvalue weighted by molar-refractivity contribution is -0.118. The fraction of sp³-hybridized carbons (Fsp3) is 0.346. The highest BCUT2D eigenvalue weighted by atomic mass is 32.1. The molecule has 2 heterocycles. The molecule has 5 rings (SSSR count). The number of ether oxygens (including phenoxy) is 2. The summed E-state index contributed by atoms with van der Waals surface area (Å²) in [5, 5.41) is 9.99. The topological polar surface area (TPSA) is 77.2 Å². The van der Waals surface area contributed by atoms with Crippen LogP contribution in [0.5, 0.6) is 11.5 Å². The van der Waals surface area contributed by atoms with Crippen LogP contribution in [0.1, 0.15) is 44.6 Å². The van der Waals surface area contributed by atoms with Crippen LogP contribution in [-0.2, 0) is 4.79 Å². The predicted molar refractivity (Wildman–Crippen MR) is 135 cm³/mol. The number of thiazole rings is 1. The maximum atomic E-state index is 11.8. The summed E-state index contributed by atoms with van der Waals surface area (Å²) >= 11 is 1.60. The molecule has 1 N–H and O–H groups in total. The van der Waals surface area contributed by atoms with Gasteiger partial charge in [0.15, 0.2) is 6.61 Å². The molecule has 0 saturated heterocycles. The first-order valence-electron chi connectivity index (χ1n) is 11.6. The van der Waals surface area contributed by atoms with Gasteiger partial charge in [0, 0.05) is 10.9 Å². The van der Waals surface area contributed by atoms with Crippen molar-refractivity contribution in [2.75, 3.05) is 19.0 Å². The lowest BCUT2D eigenvalue weighted by Crippen LogP contribution is -2.25. The number of carbonyl (C=O) groups is 1. The molecule has 176 valence electrons. The third kappa shape index (κ3) is 4.77. The van der Waals surface area contributed by atoms with E-state index < -0.39 is 0 Å². The van der Waals surface area contributed by atoms with Crippen molar-refractivity contribution >= 4 is 28.6 Å². The third-order valence-corrected chi connectivity index (χ3v) is 7.05. The van der Waals surface area contributed by atoms with Crippen molar-refractivity contribution in [3.8, 4) is 22.8 Å². The lowest BCUT2D eigenvalue weighted by Gasteiger charge is -2.19. The molecule has 1 aromatic heterocycles. The van der Waals surface area contributed by atoms with Crippen molar-refractivity contribution in [2.45, 2.75) is 45.1 Å². The number of anilines is 1. The highest BCUT2D eigenvalue weighted by molar-refractivity contribution is 7.07. The Labute approximate surface area is 202 Å². The van der Waals surface area contributed by atoms with E-state index in [1.807, 2.05) is 54.1 Å². The maximum absolute atomic E-state index is 11.8. The zero-order valence-corrected chi connectivity index (χ0v) is 20.2. The van der Waals surface area contributed by atoms with Gasteiger partial charge in [-0.2, -0.15) is 5.10 Å². The molecule has 0 bridgehead atoms. The van der Waals surface area contributed by atoms with Crippen molar-refractivity contribution in [3.63, 3.8) is 0 Å². The number of rotatable bonds is 5. The molecule has 1 aliphatic heterocycles. The zero-order valence-electron chi connectivity index (χ0n) is 19.4. The second kappa shape index (κ2) is 9.85. The Morgan fingerprint density at radius 3 is 2.71 bits per heavy atom. The van der Waals surface area contributed by atoms with Crippen LogP contribution < -0.4 is 19.6 Å². The average Bonchev–Trinajstić information content (AvgIpc) is 3.26. The van der Waals surface area contributed by atoms with Crippen LogP contribution in [0.15, 0.2) is 57.9 Å². The first-order valence-corrected chi connectivity index (χ1v) is 12.5. The molecule has 1 aliphatic carbocycles. The molecule has 2 aromatic carbocycles. The molecular weight excluding hydrogens is 448 g/mol. The van der Waals surface area contributed by atoms with Gasteiger partial charge in [0.25, 0.3) is 5.91 Å². The summed E-state index contributed by atoms with van der Waals surface area (Å²) < 4.78 is 12.8. The van der Waals surface area contributed by atoms with Crippen LogP contribution in [0.2, 0.25) is 0 Å². The van der Waals surface area contributed by atoms with Crippen molar-refractivity contribution in [2.24, 2.45) is 10.1 Å². The third-order valence-electron chi connectivity index (χ3n) is 6.22. The van der Waals surface area contributed by atoms with E-state index in [0.29, 0.717) is 17.5 Å². The van der Waals surface area contributed by atoms with Crippen molar-refractivity contribution in [1.82, 2.24) is 4.68 Å². The molecule has 1 fully saturated rings. The van der Waals surface area contributed by atoms with Gasteiger partial charge in [-0.1, -0.05) is 19.3 Å². The minimum absolute atomic E-state index is 0.0422. The summed E-state index contributed by atoms with van der Waals surface area (Å²) in [5.74, 6) is 1.34. The minimum Gasteiger partial charge on any atom is -0.497 e. The van der Waals surface area contributed by atoms with Crippen LogP contribution >= 0.6 is 11.3 Å². The Morgan fingerprint density at radius 1 is 1.15 bits per heavy atom. The van der Waals surface area contributed by atoms with Gasteiger partial charge < -0.3 is 14.8 Å². The molecule has 8 heteroatoms. The molecule has 2 aliphatic rings. The van der Waals surface area contributed by atoms with Gasteiger partial charge in [0.1, 0.15) is 11.5 Å². The van der Waals surface area contributed by atoms with E-state index in [1.165, 1.54) is 19.3 Å². The molecule has 0 radical (unpaired) electrons. The molecule has 0 atom stereocenters. The molecule has 34 heavy (non-hydrogen) atoms. The molecule has 1 saturated carbocycles. The van der Waals surface area contributed by atoms with Crippen LogP contribution in [0.3, 0.4) is 0 Å². The predicted octanol–water partition coefficient (Wildman–Crippen LogP) is 5.06. The Hall–Kier alpha value is -3.39. The summed E-state index contributed by atoms with van der Waals surface area (Å²) in [7, 11) is 1.66. The smallest absolute Gasteiger partial charge is 0.262 e. The fourth-order valence-electron chi connectivity index (χ4n) is 4.33. The molecule has 1 amide bonds. The van der Waals surface area contributed by atoms with Gasteiger partial charge in [-0.25, -0.2) is 4.68 Å². The number of nitrogens with one attached hydrogen (secondary N) is 1. The Kier molecular flexibility index (Phi) is 6.49. The number of methoxy groups -OCH3 is 1. The first kappa shape index (κ1) is 22.4. The zero-order chi connectivity index (χ0) is 23.5. The molecule has 3 aromatic rings. The van der Waals surface area contributed by atoms with E-state index in [4.69, 9.17) is 19.6 Å². The van der Waals surface area contributed by atoms with Crippen LogP contribution in [-0.4, -0.2) is 36.1 Å². The van der Waals surface area contributed by atoms with E-state index in [-0.39, 0.29) is 12.5 Å². The average molecular weight is 477 g/mol. The molecule has 0 unspecified atom stereocenters. The number of benzene rings is 2. The van der Waals surface area contributed by atoms with Gasteiger partial charge in [0.2, 0.25) is 4.80 Å². The highest BCUT2D eigenvalue weighted by Gasteiger charge is 2.19. The monoisotopic (exact) mass is 476 g/mol. The molecular formula is C26H28N4O3S. The largest absolute Gasteiger partial charge is 0.497 e. The Balaban J connectivity index is 1.59. The van der Waals surface area contributed by atoms with Gasteiger partial charge >= 0.3 is 0 Å². The minimum atomic E-state index is -0.149. The Morgan fingerprint density at radius 2 is 1.94 bits per heavy atom. The number of hydrogen-bond donors (Lipinski definition) is 1. The van der Waals surface area contributed by atoms with E-state index in [0.717, 1.165) is 45.9 Å². The summed E-state index contributed by atoms with van der Waals surface area (Å²) in [6.45, 7) is 2.04. The summed E-state index contributed by atoms with van der Waals surface area (Å²) in [6, 6.07) is 14.1. The van der Waals surface area contributed by atoms with Gasteiger partial charge in [-0.15, -0.1) is 11.3 Å². The van der Waals surface area contributed by atoms with Crippen LogP contribution in [0.25, 0.3) is 11.3 Å². The van der Waals surface area contributed by atoms with Crippen LogP contribution in [0.4, 0.5) is 5.69 Å². The number of amides is 1. The van der Waals surface area contributed by atoms with Crippen molar-refractivity contribution in [3.05, 3.63) is 58.2 Å². The van der Waals surface area contributed by atoms with E-state index in [1.54, 1.807) is 18.4 Å². The normalized spacial score (nSPS) is 17.2. The van der Waals surface area contributed by atoms with E-state index >= 15 is 0 Å². The molecule has 0 spiro atoms. The number of hydrogen-bond acceptors (Lipinski definition) is 6. The van der Waals surface area contributed by atoms with E-state index in [2.05, 4.69) is 10.7 Å². The van der Waals surface area contributed by atoms with Crippen molar-refractivity contribution in [1.29, 1.82) is 0 Å². The highest BCUT2D eigenvalue weighted by Crippen LogP contribution is 2.33. The summed E-state index contributed by atoms with van der Waals surface area (Å²) in [5.41, 5.74) is 4.43. The summed E-state index contributed by atoms with van der Waals surface area (Å²) in [4.78, 5) is 17.8.